The third kappa shape index (κ3) is 2.60. The van der Waals surface area contributed by atoms with E-state index in [1.54, 1.807) is 13.0 Å². The summed E-state index contributed by atoms with van der Waals surface area (Å²) in [6.07, 6.45) is 0.234. The fraction of sp³-hybridized carbons (Fsp3) is 0.462. The lowest BCUT2D eigenvalue weighted by Crippen LogP contribution is -2.27. The number of amides is 1. The first-order valence-electron chi connectivity index (χ1n) is 6.01. The van der Waals surface area contributed by atoms with Crippen LogP contribution >= 0.6 is 11.6 Å². The van der Waals surface area contributed by atoms with Crippen LogP contribution in [0.4, 0.5) is 5.69 Å². The van der Waals surface area contributed by atoms with Gasteiger partial charge in [-0.05, 0) is 31.0 Å². The van der Waals surface area contributed by atoms with Crippen LogP contribution in [0.2, 0.25) is 5.02 Å². The Morgan fingerprint density at radius 1 is 1.61 bits per heavy atom. The molecule has 1 aromatic carbocycles. The van der Waals surface area contributed by atoms with E-state index in [0.29, 0.717) is 11.6 Å². The number of nitrogens with two attached hydrogens (primary N) is 1. The Morgan fingerprint density at radius 3 is 2.83 bits per heavy atom. The molecule has 1 aliphatic heterocycles. The van der Waals surface area contributed by atoms with Gasteiger partial charge in [-0.25, -0.2) is 0 Å². The van der Waals surface area contributed by atoms with Crippen LogP contribution in [0.25, 0.3) is 0 Å². The second-order valence-electron chi connectivity index (χ2n) is 4.72. The number of hydrogen-bond acceptors (Lipinski definition) is 3. The molecule has 1 aromatic rings. The highest BCUT2D eigenvalue weighted by Gasteiger charge is 2.27. The standard InChI is InChI=1S/C13H17ClN2O2/c1-8(17)9-2-3-12(11(14)6-9)16-5-4-10(7-16)13(15)18/h2-3,6,8,10,17H,4-5,7H2,1H3,(H2,15,18)/t8-,10?/m0/s1. The van der Waals surface area contributed by atoms with Crippen molar-refractivity contribution in [1.29, 1.82) is 0 Å². The van der Waals surface area contributed by atoms with Crippen LogP contribution in [0.1, 0.15) is 25.0 Å². The average Bonchev–Trinajstić information content (AvgIpc) is 2.78. The number of primary amides is 1. The molecule has 1 saturated heterocycles. The van der Waals surface area contributed by atoms with Crippen molar-refractivity contribution in [2.75, 3.05) is 18.0 Å². The predicted molar refractivity (Wildman–Crippen MR) is 71.6 cm³/mol. The molecule has 98 valence electrons. The molecule has 1 fully saturated rings. The van der Waals surface area contributed by atoms with Crippen molar-refractivity contribution in [1.82, 2.24) is 0 Å². The molecule has 1 heterocycles. The third-order valence-corrected chi connectivity index (χ3v) is 3.69. The van der Waals surface area contributed by atoms with Gasteiger partial charge in [0.1, 0.15) is 0 Å². The topological polar surface area (TPSA) is 66.6 Å². The summed E-state index contributed by atoms with van der Waals surface area (Å²) in [4.78, 5) is 13.2. The highest BCUT2D eigenvalue weighted by molar-refractivity contribution is 6.33. The summed E-state index contributed by atoms with van der Waals surface area (Å²) in [5.74, 6) is -0.355. The van der Waals surface area contributed by atoms with Crippen molar-refractivity contribution >= 4 is 23.2 Å². The Morgan fingerprint density at radius 2 is 2.33 bits per heavy atom. The Labute approximate surface area is 111 Å². The van der Waals surface area contributed by atoms with Gasteiger partial charge in [-0.3, -0.25) is 4.79 Å². The van der Waals surface area contributed by atoms with Crippen molar-refractivity contribution in [3.8, 4) is 0 Å². The summed E-state index contributed by atoms with van der Waals surface area (Å²) < 4.78 is 0. The van der Waals surface area contributed by atoms with E-state index >= 15 is 0 Å². The van der Waals surface area contributed by atoms with Crippen LogP contribution < -0.4 is 10.6 Å². The van der Waals surface area contributed by atoms with Gasteiger partial charge in [0.05, 0.1) is 22.7 Å². The number of aliphatic hydroxyl groups excluding tert-OH is 1. The highest BCUT2D eigenvalue weighted by Crippen LogP contribution is 2.32. The maximum atomic E-state index is 11.1. The molecular weight excluding hydrogens is 252 g/mol. The zero-order valence-electron chi connectivity index (χ0n) is 10.3. The Bertz CT molecular complexity index is 462. The van der Waals surface area contributed by atoms with Crippen LogP contribution in [0.3, 0.4) is 0 Å². The fourth-order valence-corrected chi connectivity index (χ4v) is 2.56. The number of carbonyl (C=O) groups is 1. The van der Waals surface area contributed by atoms with E-state index in [0.717, 1.165) is 24.2 Å². The Hall–Kier alpha value is -1.26. The van der Waals surface area contributed by atoms with E-state index < -0.39 is 6.10 Å². The molecule has 0 saturated carbocycles. The zero-order valence-corrected chi connectivity index (χ0v) is 11.0. The highest BCUT2D eigenvalue weighted by atomic mass is 35.5. The lowest BCUT2D eigenvalue weighted by Gasteiger charge is -2.20. The van der Waals surface area contributed by atoms with Crippen molar-refractivity contribution in [2.24, 2.45) is 11.7 Å². The molecule has 3 N–H and O–H groups in total. The first-order valence-corrected chi connectivity index (χ1v) is 6.38. The van der Waals surface area contributed by atoms with E-state index in [2.05, 4.69) is 4.90 Å². The SMILES string of the molecule is C[C@H](O)c1ccc(N2CCC(C(N)=O)C2)c(Cl)c1. The molecule has 2 rings (SSSR count). The Kier molecular flexibility index (Phi) is 3.78. The smallest absolute Gasteiger partial charge is 0.222 e. The maximum Gasteiger partial charge on any atom is 0.222 e. The number of hydrogen-bond donors (Lipinski definition) is 2. The molecule has 1 aliphatic rings. The van der Waals surface area contributed by atoms with Crippen LogP contribution in [-0.4, -0.2) is 24.1 Å². The van der Waals surface area contributed by atoms with Gasteiger partial charge >= 0.3 is 0 Å². The first kappa shape index (κ1) is 13.2. The van der Waals surface area contributed by atoms with Crippen molar-refractivity contribution in [3.63, 3.8) is 0 Å². The molecule has 0 radical (unpaired) electrons. The number of nitrogens with zero attached hydrogens (tertiary/aromatic N) is 1. The van der Waals surface area contributed by atoms with Crippen molar-refractivity contribution < 1.29 is 9.90 Å². The maximum absolute atomic E-state index is 11.1. The quantitative estimate of drug-likeness (QED) is 0.877. The average molecular weight is 269 g/mol. The van der Waals surface area contributed by atoms with E-state index in [1.807, 2.05) is 12.1 Å². The molecule has 0 aromatic heterocycles. The van der Waals surface area contributed by atoms with E-state index in [-0.39, 0.29) is 11.8 Å². The minimum atomic E-state index is -0.534. The van der Waals surface area contributed by atoms with Gasteiger partial charge in [-0.15, -0.1) is 0 Å². The van der Waals surface area contributed by atoms with Crippen LogP contribution in [0.5, 0.6) is 0 Å². The summed E-state index contributed by atoms with van der Waals surface area (Å²) in [6.45, 7) is 3.09. The second-order valence-corrected chi connectivity index (χ2v) is 5.13. The molecular formula is C13H17ClN2O2. The minimum absolute atomic E-state index is 0.0995. The monoisotopic (exact) mass is 268 g/mol. The van der Waals surface area contributed by atoms with Crippen LogP contribution in [0, 0.1) is 5.92 Å². The normalized spacial score (nSPS) is 21.1. The number of aliphatic hydroxyl groups is 1. The van der Waals surface area contributed by atoms with E-state index in [9.17, 15) is 9.90 Å². The summed E-state index contributed by atoms with van der Waals surface area (Å²) in [5, 5.41) is 10.1. The van der Waals surface area contributed by atoms with Gasteiger partial charge in [-0.1, -0.05) is 17.7 Å². The molecule has 1 unspecified atom stereocenters. The number of carbonyl (C=O) groups excluding carboxylic acids is 1. The summed E-state index contributed by atoms with van der Waals surface area (Å²) in [7, 11) is 0. The molecule has 0 spiro atoms. The molecule has 2 atom stereocenters. The van der Waals surface area contributed by atoms with Gasteiger partial charge < -0.3 is 15.7 Å². The van der Waals surface area contributed by atoms with E-state index in [4.69, 9.17) is 17.3 Å². The van der Waals surface area contributed by atoms with Crippen molar-refractivity contribution in [3.05, 3.63) is 28.8 Å². The van der Waals surface area contributed by atoms with Crippen molar-refractivity contribution in [2.45, 2.75) is 19.4 Å². The largest absolute Gasteiger partial charge is 0.389 e. The van der Waals surface area contributed by atoms with Gasteiger partial charge in [0.2, 0.25) is 5.91 Å². The molecule has 0 bridgehead atoms. The number of anilines is 1. The van der Waals surface area contributed by atoms with Gasteiger partial charge in [0.25, 0.3) is 0 Å². The molecule has 1 amide bonds. The number of rotatable bonds is 3. The Balaban J connectivity index is 2.17. The van der Waals surface area contributed by atoms with Gasteiger partial charge in [0, 0.05) is 13.1 Å². The molecule has 5 heteroatoms. The molecule has 18 heavy (non-hydrogen) atoms. The van der Waals surface area contributed by atoms with Gasteiger partial charge in [-0.2, -0.15) is 0 Å². The zero-order chi connectivity index (χ0) is 13.3. The summed E-state index contributed by atoms with van der Waals surface area (Å²) in [6, 6.07) is 5.50. The fourth-order valence-electron chi connectivity index (χ4n) is 2.25. The van der Waals surface area contributed by atoms with Crippen LogP contribution in [0.15, 0.2) is 18.2 Å². The number of benzene rings is 1. The third-order valence-electron chi connectivity index (χ3n) is 3.39. The second kappa shape index (κ2) is 5.16. The molecule has 0 aliphatic carbocycles. The minimum Gasteiger partial charge on any atom is -0.389 e. The lowest BCUT2D eigenvalue weighted by atomic mass is 10.1. The number of halogens is 1. The summed E-state index contributed by atoms with van der Waals surface area (Å²) in [5.41, 5.74) is 6.99. The van der Waals surface area contributed by atoms with Gasteiger partial charge in [0.15, 0.2) is 0 Å². The lowest BCUT2D eigenvalue weighted by molar-refractivity contribution is -0.121. The molecule has 4 nitrogen and oxygen atoms in total. The summed E-state index contributed by atoms with van der Waals surface area (Å²) >= 11 is 6.21. The van der Waals surface area contributed by atoms with E-state index in [1.165, 1.54) is 0 Å². The first-order chi connectivity index (χ1) is 8.49. The van der Waals surface area contributed by atoms with Crippen LogP contribution in [-0.2, 0) is 4.79 Å². The predicted octanol–water partition coefficient (Wildman–Crippen LogP) is 1.70.